The van der Waals surface area contributed by atoms with E-state index in [0.717, 1.165) is 30.0 Å². The largest absolute Gasteiger partial charge is 0.493 e. The molecular formula is C13H12BN5O. The predicted molar refractivity (Wildman–Crippen MR) is 76.0 cm³/mol. The minimum absolute atomic E-state index is 0.583. The molecule has 3 aromatic rings. The molecule has 0 spiro atoms. The van der Waals surface area contributed by atoms with Crippen LogP contribution >= 0.6 is 0 Å². The minimum Gasteiger partial charge on any atom is -0.493 e. The van der Waals surface area contributed by atoms with Crippen LogP contribution in [0.3, 0.4) is 0 Å². The summed E-state index contributed by atoms with van der Waals surface area (Å²) in [4.78, 5) is 8.68. The van der Waals surface area contributed by atoms with Crippen LogP contribution in [0.1, 0.15) is 11.1 Å². The summed E-state index contributed by atoms with van der Waals surface area (Å²) in [5.41, 5.74) is 4.60. The minimum atomic E-state index is 0.583. The lowest BCUT2D eigenvalue weighted by atomic mass is 10.1. The highest BCUT2D eigenvalue weighted by Crippen LogP contribution is 2.26. The van der Waals surface area contributed by atoms with Crippen molar-refractivity contribution in [3.05, 3.63) is 35.5 Å². The number of nitrogens with zero attached hydrogens (tertiary/aromatic N) is 5. The molecule has 0 atom stereocenters. The van der Waals surface area contributed by atoms with E-state index in [2.05, 4.69) is 32.4 Å². The number of ether oxygens (including phenoxy) is 1. The average Bonchev–Trinajstić information content (AvgIpc) is 3.05. The zero-order chi connectivity index (χ0) is 13.5. The Kier molecular flexibility index (Phi) is 2.45. The molecule has 20 heavy (non-hydrogen) atoms. The maximum Gasteiger partial charge on any atom is 0.221 e. The molecule has 4 rings (SSSR count). The van der Waals surface area contributed by atoms with Crippen molar-refractivity contribution in [2.45, 2.75) is 13.0 Å². The summed E-state index contributed by atoms with van der Waals surface area (Å²) in [7, 11) is 1.91. The van der Waals surface area contributed by atoms with Gasteiger partial charge in [0.05, 0.1) is 13.2 Å². The first kappa shape index (κ1) is 11.4. The van der Waals surface area contributed by atoms with Gasteiger partial charge in [0.1, 0.15) is 5.75 Å². The van der Waals surface area contributed by atoms with E-state index in [1.165, 1.54) is 11.1 Å². The van der Waals surface area contributed by atoms with E-state index in [9.17, 15) is 0 Å². The molecule has 2 aromatic heterocycles. The summed E-state index contributed by atoms with van der Waals surface area (Å²) < 4.78 is 7.30. The molecule has 0 saturated carbocycles. The van der Waals surface area contributed by atoms with Crippen molar-refractivity contribution in [2.24, 2.45) is 0 Å². The molecule has 98 valence electrons. The number of hydrogen-bond donors (Lipinski definition) is 0. The van der Waals surface area contributed by atoms with Gasteiger partial charge in [0, 0.05) is 18.2 Å². The third kappa shape index (κ3) is 1.82. The van der Waals surface area contributed by atoms with Gasteiger partial charge in [-0.1, -0.05) is 17.3 Å². The molecule has 0 aliphatic carbocycles. The molecule has 0 radical (unpaired) electrons. The van der Waals surface area contributed by atoms with Crippen LogP contribution in [0.4, 0.5) is 0 Å². The maximum absolute atomic E-state index is 5.52. The first-order valence-corrected chi connectivity index (χ1v) is 6.57. The van der Waals surface area contributed by atoms with Crippen molar-refractivity contribution in [3.63, 3.8) is 0 Å². The van der Waals surface area contributed by atoms with Gasteiger partial charge in [-0.3, -0.25) is 0 Å². The van der Waals surface area contributed by atoms with Crippen molar-refractivity contribution in [1.29, 1.82) is 0 Å². The number of aromatic nitrogens is 5. The smallest absolute Gasteiger partial charge is 0.221 e. The Hall–Kier alpha value is -2.44. The van der Waals surface area contributed by atoms with Gasteiger partial charge in [-0.25, -0.2) is 14.6 Å². The summed E-state index contributed by atoms with van der Waals surface area (Å²) in [5.74, 6) is 0.993. The van der Waals surface area contributed by atoms with Crippen molar-refractivity contribution >= 4 is 24.7 Å². The van der Waals surface area contributed by atoms with Gasteiger partial charge in [-0.05, 0) is 17.2 Å². The van der Waals surface area contributed by atoms with E-state index < -0.39 is 0 Å². The molecule has 6 nitrogen and oxygen atoms in total. The first-order valence-electron chi connectivity index (χ1n) is 6.57. The average molecular weight is 265 g/mol. The molecule has 1 aliphatic heterocycles. The quantitative estimate of drug-likeness (QED) is 0.582. The van der Waals surface area contributed by atoms with Crippen molar-refractivity contribution in [2.75, 3.05) is 6.61 Å². The number of fused-ring (bicyclic) bond motifs is 2. The maximum atomic E-state index is 5.52. The topological polar surface area (TPSA) is 65.7 Å². The van der Waals surface area contributed by atoms with Crippen LogP contribution < -0.4 is 10.3 Å². The van der Waals surface area contributed by atoms with Crippen molar-refractivity contribution in [1.82, 2.24) is 25.0 Å². The van der Waals surface area contributed by atoms with Crippen LogP contribution in [0.5, 0.6) is 5.75 Å². The Labute approximate surface area is 116 Å². The van der Waals surface area contributed by atoms with Crippen LogP contribution in [-0.2, 0) is 13.0 Å². The van der Waals surface area contributed by atoms with Gasteiger partial charge in [0.15, 0.2) is 13.5 Å². The third-order valence-electron chi connectivity index (χ3n) is 3.43. The Bertz CT molecular complexity index is 801. The number of hydrogen-bond acceptors (Lipinski definition) is 5. The van der Waals surface area contributed by atoms with Crippen molar-refractivity contribution in [3.8, 4) is 5.75 Å². The van der Waals surface area contributed by atoms with Crippen LogP contribution in [0, 0.1) is 0 Å². The number of benzene rings is 1. The Morgan fingerprint density at radius 3 is 3.25 bits per heavy atom. The van der Waals surface area contributed by atoms with Crippen LogP contribution in [-0.4, -0.2) is 39.4 Å². The van der Waals surface area contributed by atoms with Gasteiger partial charge < -0.3 is 4.74 Å². The highest BCUT2D eigenvalue weighted by atomic mass is 16.5. The first-order chi connectivity index (χ1) is 9.79. The predicted octanol–water partition coefficient (Wildman–Crippen LogP) is -0.537. The van der Waals surface area contributed by atoms with Gasteiger partial charge in [-0.15, -0.1) is 5.10 Å². The zero-order valence-corrected chi connectivity index (χ0v) is 11.1. The number of rotatable bonds is 2. The second-order valence-electron chi connectivity index (χ2n) is 4.95. The molecule has 0 N–H and O–H groups in total. The zero-order valence-electron chi connectivity index (χ0n) is 11.1. The Morgan fingerprint density at radius 2 is 2.30 bits per heavy atom. The highest BCUT2D eigenvalue weighted by molar-refractivity contribution is 6.30. The highest BCUT2D eigenvalue weighted by Gasteiger charge is 2.13. The fraction of sp³-hybridized carbons (Fsp3) is 0.231. The lowest BCUT2D eigenvalue weighted by molar-refractivity contribution is 0.357. The molecule has 0 unspecified atom stereocenters. The van der Waals surface area contributed by atoms with Gasteiger partial charge in [-0.2, -0.15) is 0 Å². The fourth-order valence-electron chi connectivity index (χ4n) is 2.46. The molecule has 0 fully saturated rings. The van der Waals surface area contributed by atoms with E-state index in [1.54, 1.807) is 10.9 Å². The summed E-state index contributed by atoms with van der Waals surface area (Å²) in [6.45, 7) is 1.41. The van der Waals surface area contributed by atoms with E-state index in [4.69, 9.17) is 4.74 Å². The Morgan fingerprint density at radius 1 is 1.35 bits per heavy atom. The van der Waals surface area contributed by atoms with Crippen LogP contribution in [0.15, 0.2) is 24.4 Å². The molecule has 0 amide bonds. The second-order valence-corrected chi connectivity index (χ2v) is 4.95. The van der Waals surface area contributed by atoms with Crippen LogP contribution in [0.2, 0.25) is 0 Å². The summed E-state index contributed by atoms with van der Waals surface area (Å²) >= 11 is 0. The molecule has 1 aliphatic rings. The second kappa shape index (κ2) is 4.30. The monoisotopic (exact) mass is 265 g/mol. The lowest BCUT2D eigenvalue weighted by Crippen LogP contribution is -2.11. The Balaban J connectivity index is 1.72. The van der Waals surface area contributed by atoms with E-state index in [-0.39, 0.29) is 0 Å². The van der Waals surface area contributed by atoms with E-state index in [0.29, 0.717) is 12.2 Å². The molecular weight excluding hydrogens is 253 g/mol. The SMILES string of the molecule is Bc1cnc2nnn(Cc3ccc4c(c3)CCO4)c2n1. The standard InChI is InChI=1S/C13H12BN5O/c14-11-6-15-12-13(16-11)19(18-17-12)7-8-1-2-10-9(5-8)3-4-20-10/h1-2,5-6H,3-4,7,14H2. The molecule has 0 bridgehead atoms. The van der Waals surface area contributed by atoms with E-state index >= 15 is 0 Å². The van der Waals surface area contributed by atoms with Crippen LogP contribution in [0.25, 0.3) is 11.3 Å². The summed E-state index contributed by atoms with van der Waals surface area (Å²) in [6.07, 6.45) is 2.67. The van der Waals surface area contributed by atoms with Gasteiger partial charge in [0.2, 0.25) is 5.65 Å². The summed E-state index contributed by atoms with van der Waals surface area (Å²) in [6, 6.07) is 6.24. The lowest BCUT2D eigenvalue weighted by Gasteiger charge is -2.04. The fourth-order valence-corrected chi connectivity index (χ4v) is 2.46. The molecule has 1 aromatic carbocycles. The molecule has 0 saturated heterocycles. The van der Waals surface area contributed by atoms with Crippen molar-refractivity contribution < 1.29 is 4.74 Å². The van der Waals surface area contributed by atoms with Gasteiger partial charge in [0.25, 0.3) is 0 Å². The normalized spacial score (nSPS) is 13.4. The summed E-state index contributed by atoms with van der Waals surface area (Å²) in [5, 5.41) is 8.18. The third-order valence-corrected chi connectivity index (χ3v) is 3.43. The van der Waals surface area contributed by atoms with E-state index in [1.807, 2.05) is 13.9 Å². The molecule has 7 heteroatoms. The van der Waals surface area contributed by atoms with Gasteiger partial charge >= 0.3 is 0 Å². The molecule has 3 heterocycles.